The largest absolute Gasteiger partial charge is 0.479 e. The summed E-state index contributed by atoms with van der Waals surface area (Å²) in [6, 6.07) is 4.03. The highest BCUT2D eigenvalue weighted by Crippen LogP contribution is 2.72. The first-order valence-corrected chi connectivity index (χ1v) is 14.7. The molecule has 4 aliphatic carbocycles. The third-order valence-corrected chi connectivity index (χ3v) is 12.3. The van der Waals surface area contributed by atoms with Crippen LogP contribution in [0.2, 0.25) is 0 Å². The summed E-state index contributed by atoms with van der Waals surface area (Å²) in [6.07, 6.45) is 2.76. The standard InChI is InChI=1S/C27H31F2NO5S2/c1-24-7-6-15(31)9-19(24)20(28)10-18-17-8-14-12-30(13-16-4-5-22(36-3)37-16)35-27(14,23(33)34)25(17,2)11-21(32)26(18,24)29/h4-7,9,14,17-18,20-21,32H,8,10-13H2,1-3H3,(H,33,34)/t14-,17-,18-,20-,21-,24-,25-,26-,27-/m0/s1. The summed E-state index contributed by atoms with van der Waals surface area (Å²) in [6.45, 7) is 4.13. The Hall–Kier alpha value is -1.59. The SMILES string of the molecule is CSc1ccc(CN2C[C@@H]3C[C@H]4[C@@H]5C[C@H](F)C6=CC(=O)C=C[C@]6(C)[C@@]5(F)[C@@H](O)C[C@]4(C)[C@]3(C(=O)O)O2)s1. The molecule has 4 fully saturated rings. The fourth-order valence-electron chi connectivity index (χ4n) is 8.50. The summed E-state index contributed by atoms with van der Waals surface area (Å²) < 4.78 is 34.1. The van der Waals surface area contributed by atoms with Gasteiger partial charge in [0.05, 0.1) is 16.9 Å². The van der Waals surface area contributed by atoms with Crippen LogP contribution in [0, 0.1) is 28.6 Å². The number of carbonyl (C=O) groups excluding carboxylic acids is 1. The van der Waals surface area contributed by atoms with E-state index in [0.29, 0.717) is 19.5 Å². The third kappa shape index (κ3) is 3.13. The molecule has 1 aromatic rings. The molecule has 0 spiro atoms. The van der Waals surface area contributed by atoms with Gasteiger partial charge in [0.15, 0.2) is 17.1 Å². The maximum Gasteiger partial charge on any atom is 0.339 e. The lowest BCUT2D eigenvalue weighted by Gasteiger charge is -2.62. The highest BCUT2D eigenvalue weighted by Gasteiger charge is 2.80. The van der Waals surface area contributed by atoms with E-state index in [1.165, 1.54) is 18.2 Å². The Kier molecular flexibility index (Phi) is 5.70. The minimum absolute atomic E-state index is 0.0653. The van der Waals surface area contributed by atoms with Gasteiger partial charge in [-0.05, 0) is 68.2 Å². The Labute approximate surface area is 222 Å². The van der Waals surface area contributed by atoms with Gasteiger partial charge in [0.25, 0.3) is 0 Å². The number of ketones is 1. The molecule has 6 nitrogen and oxygen atoms in total. The first-order chi connectivity index (χ1) is 17.4. The van der Waals surface area contributed by atoms with Gasteiger partial charge in [-0.2, -0.15) is 5.06 Å². The van der Waals surface area contributed by atoms with Crippen LogP contribution >= 0.6 is 23.1 Å². The van der Waals surface area contributed by atoms with Gasteiger partial charge < -0.3 is 10.2 Å². The zero-order valence-corrected chi connectivity index (χ0v) is 22.6. The van der Waals surface area contributed by atoms with E-state index >= 15 is 8.78 Å². The van der Waals surface area contributed by atoms with Crippen molar-refractivity contribution < 1.29 is 33.4 Å². The number of allylic oxidation sites excluding steroid dienone is 4. The van der Waals surface area contributed by atoms with Gasteiger partial charge in [-0.15, -0.1) is 23.1 Å². The molecule has 0 radical (unpaired) electrons. The van der Waals surface area contributed by atoms with Crippen molar-refractivity contribution in [2.45, 2.75) is 67.4 Å². The van der Waals surface area contributed by atoms with Gasteiger partial charge in [-0.25, -0.2) is 13.6 Å². The molecule has 6 rings (SSSR count). The molecule has 0 amide bonds. The number of aliphatic hydroxyl groups excluding tert-OH is 1. The number of carboxylic acid groups (broad SMARTS) is 1. The predicted molar refractivity (Wildman–Crippen MR) is 135 cm³/mol. The average Bonchev–Trinajstić information content (AvgIpc) is 3.50. The number of carboxylic acids is 1. The second-order valence-electron chi connectivity index (χ2n) is 11.7. The van der Waals surface area contributed by atoms with E-state index in [-0.39, 0.29) is 18.4 Å². The number of hydrogen-bond donors (Lipinski definition) is 2. The quantitative estimate of drug-likeness (QED) is 0.530. The number of carbonyl (C=O) groups is 2. The smallest absolute Gasteiger partial charge is 0.339 e. The normalized spacial score (nSPS) is 46.7. The minimum atomic E-state index is -2.23. The lowest BCUT2D eigenvalue weighted by atomic mass is 9.44. The van der Waals surface area contributed by atoms with Crippen molar-refractivity contribution in [3.05, 3.63) is 40.8 Å². The van der Waals surface area contributed by atoms with E-state index in [0.717, 1.165) is 9.09 Å². The van der Waals surface area contributed by atoms with Crippen LogP contribution in [0.3, 0.4) is 0 Å². The number of aliphatic hydroxyl groups is 1. The minimum Gasteiger partial charge on any atom is -0.479 e. The van der Waals surface area contributed by atoms with Crippen molar-refractivity contribution in [1.82, 2.24) is 5.06 Å². The molecule has 0 unspecified atom stereocenters. The molecule has 200 valence electrons. The lowest BCUT2D eigenvalue weighted by molar-refractivity contribution is -0.275. The molecule has 5 aliphatic rings. The van der Waals surface area contributed by atoms with E-state index in [1.807, 2.05) is 18.4 Å². The van der Waals surface area contributed by atoms with E-state index in [2.05, 4.69) is 0 Å². The summed E-state index contributed by atoms with van der Waals surface area (Å²) in [4.78, 5) is 32.4. The average molecular weight is 552 g/mol. The van der Waals surface area contributed by atoms with Crippen molar-refractivity contribution in [1.29, 1.82) is 0 Å². The van der Waals surface area contributed by atoms with Gasteiger partial charge in [0.1, 0.15) is 6.17 Å². The number of hydroxylamine groups is 2. The van der Waals surface area contributed by atoms with Gasteiger partial charge in [0.2, 0.25) is 0 Å². The van der Waals surface area contributed by atoms with Gasteiger partial charge in [-0.3, -0.25) is 9.63 Å². The first-order valence-electron chi connectivity index (χ1n) is 12.7. The van der Waals surface area contributed by atoms with Gasteiger partial charge >= 0.3 is 5.97 Å². The van der Waals surface area contributed by atoms with Crippen LogP contribution in [0.5, 0.6) is 0 Å². The van der Waals surface area contributed by atoms with Crippen LogP contribution in [-0.4, -0.2) is 63.4 Å². The molecule has 1 aromatic heterocycles. The van der Waals surface area contributed by atoms with Crippen LogP contribution in [0.1, 0.15) is 38.0 Å². The van der Waals surface area contributed by atoms with Crippen LogP contribution in [0.15, 0.2) is 40.1 Å². The Morgan fingerprint density at radius 1 is 1.30 bits per heavy atom. The molecule has 37 heavy (non-hydrogen) atoms. The molecule has 0 aromatic carbocycles. The lowest BCUT2D eigenvalue weighted by Crippen LogP contribution is -2.70. The summed E-state index contributed by atoms with van der Waals surface area (Å²) in [5.41, 5.74) is -6.40. The molecule has 1 saturated heterocycles. The van der Waals surface area contributed by atoms with Crippen molar-refractivity contribution in [3.63, 3.8) is 0 Å². The Morgan fingerprint density at radius 3 is 2.73 bits per heavy atom. The predicted octanol–water partition coefficient (Wildman–Crippen LogP) is 4.59. The summed E-state index contributed by atoms with van der Waals surface area (Å²) in [5, 5.41) is 23.8. The van der Waals surface area contributed by atoms with E-state index in [4.69, 9.17) is 4.84 Å². The highest BCUT2D eigenvalue weighted by molar-refractivity contribution is 8.00. The molecule has 9 atom stereocenters. The fraction of sp³-hybridized carbons (Fsp3) is 0.630. The first kappa shape index (κ1) is 25.7. The Bertz CT molecular complexity index is 1240. The zero-order chi connectivity index (χ0) is 26.5. The maximum atomic E-state index is 17.3. The van der Waals surface area contributed by atoms with Crippen molar-refractivity contribution in [2.24, 2.45) is 28.6 Å². The van der Waals surface area contributed by atoms with Crippen molar-refractivity contribution in [2.75, 3.05) is 12.8 Å². The van der Waals surface area contributed by atoms with Crippen molar-refractivity contribution in [3.8, 4) is 0 Å². The molecule has 1 aliphatic heterocycles. The van der Waals surface area contributed by atoms with Crippen LogP contribution in [0.25, 0.3) is 0 Å². The van der Waals surface area contributed by atoms with Crippen molar-refractivity contribution >= 4 is 34.9 Å². The van der Waals surface area contributed by atoms with Crippen LogP contribution in [0.4, 0.5) is 8.78 Å². The third-order valence-electron chi connectivity index (χ3n) is 10.2. The van der Waals surface area contributed by atoms with Crippen LogP contribution < -0.4 is 0 Å². The number of thiophene rings is 1. The molecule has 2 N–H and O–H groups in total. The van der Waals surface area contributed by atoms with Gasteiger partial charge in [0, 0.05) is 34.1 Å². The van der Waals surface area contributed by atoms with E-state index in [9.17, 15) is 19.8 Å². The summed E-state index contributed by atoms with van der Waals surface area (Å²) in [7, 11) is 0. The molecule has 0 bridgehead atoms. The number of halogens is 2. The summed E-state index contributed by atoms with van der Waals surface area (Å²) in [5.74, 6) is -3.37. The van der Waals surface area contributed by atoms with Crippen LogP contribution in [-0.2, 0) is 21.0 Å². The van der Waals surface area contributed by atoms with E-state index in [1.54, 1.807) is 42.0 Å². The number of thioether (sulfide) groups is 1. The molecule has 10 heteroatoms. The highest BCUT2D eigenvalue weighted by atomic mass is 32.2. The zero-order valence-electron chi connectivity index (χ0n) is 20.9. The number of hydrogen-bond acceptors (Lipinski definition) is 7. The number of rotatable bonds is 4. The second-order valence-corrected chi connectivity index (χ2v) is 13.9. The number of fused-ring (bicyclic) bond motifs is 7. The summed E-state index contributed by atoms with van der Waals surface area (Å²) >= 11 is 3.27. The fourth-order valence-corrected chi connectivity index (χ4v) is 10.1. The topological polar surface area (TPSA) is 87.1 Å². The second kappa shape index (κ2) is 8.21. The maximum absolute atomic E-state index is 17.3. The van der Waals surface area contributed by atoms with Gasteiger partial charge in [-0.1, -0.05) is 13.0 Å². The number of aliphatic carboxylic acids is 1. The molecule has 2 heterocycles. The van der Waals surface area contributed by atoms with E-state index < -0.39 is 63.9 Å². The number of nitrogens with zero attached hydrogens (tertiary/aromatic N) is 1. The molecular weight excluding hydrogens is 520 g/mol. The molecular formula is C27H31F2NO5S2. The monoisotopic (exact) mass is 551 g/mol. The molecule has 3 saturated carbocycles. The Balaban J connectivity index is 1.37. The Morgan fingerprint density at radius 2 is 2.05 bits per heavy atom. The number of alkyl halides is 2.